The van der Waals surface area contributed by atoms with Crippen LogP contribution in [0.25, 0.3) is 0 Å². The minimum Gasteiger partial charge on any atom is -0.466 e. The number of rotatable bonds is 6. The molecular formula is C15H19N3O2S. The third-order valence-corrected chi connectivity index (χ3v) is 3.62. The van der Waals surface area contributed by atoms with Gasteiger partial charge in [0.1, 0.15) is 0 Å². The van der Waals surface area contributed by atoms with Crippen molar-refractivity contribution in [3.05, 3.63) is 35.3 Å². The van der Waals surface area contributed by atoms with Crippen LogP contribution in [0, 0.1) is 0 Å². The van der Waals surface area contributed by atoms with E-state index in [-0.39, 0.29) is 12.4 Å². The summed E-state index contributed by atoms with van der Waals surface area (Å²) in [5.74, 6) is -0.246. The fraction of sp³-hybridized carbons (Fsp3) is 0.333. The van der Waals surface area contributed by atoms with E-state index in [0.29, 0.717) is 6.61 Å². The maximum Gasteiger partial charge on any atom is 0.311 e. The molecule has 0 amide bonds. The van der Waals surface area contributed by atoms with Crippen LogP contribution in [0.3, 0.4) is 0 Å². The number of carbonyl (C=O) groups excluding carboxylic acids is 1. The Morgan fingerprint density at radius 1 is 1.33 bits per heavy atom. The van der Waals surface area contributed by atoms with Crippen molar-refractivity contribution < 1.29 is 9.53 Å². The van der Waals surface area contributed by atoms with Gasteiger partial charge in [-0.2, -0.15) is 0 Å². The zero-order valence-electron chi connectivity index (χ0n) is 12.4. The van der Waals surface area contributed by atoms with Crippen LogP contribution in [-0.2, 0) is 16.0 Å². The van der Waals surface area contributed by atoms with Crippen molar-refractivity contribution in [2.45, 2.75) is 13.3 Å². The van der Waals surface area contributed by atoms with Crippen molar-refractivity contribution in [3.8, 4) is 0 Å². The molecule has 0 aliphatic heterocycles. The normalized spacial score (nSPS) is 10.2. The van der Waals surface area contributed by atoms with Gasteiger partial charge in [0.25, 0.3) is 0 Å². The molecule has 0 atom stereocenters. The molecule has 0 saturated heterocycles. The van der Waals surface area contributed by atoms with Crippen LogP contribution < -0.4 is 10.2 Å². The predicted octanol–water partition coefficient (Wildman–Crippen LogP) is 3.06. The van der Waals surface area contributed by atoms with Crippen molar-refractivity contribution in [1.29, 1.82) is 0 Å². The van der Waals surface area contributed by atoms with Crippen molar-refractivity contribution in [1.82, 2.24) is 4.98 Å². The van der Waals surface area contributed by atoms with E-state index in [2.05, 4.69) is 10.3 Å². The van der Waals surface area contributed by atoms with Gasteiger partial charge in [-0.15, -0.1) is 11.3 Å². The summed E-state index contributed by atoms with van der Waals surface area (Å²) in [5.41, 5.74) is 2.84. The van der Waals surface area contributed by atoms with E-state index >= 15 is 0 Å². The second kappa shape index (κ2) is 7.08. The zero-order valence-corrected chi connectivity index (χ0v) is 13.2. The van der Waals surface area contributed by atoms with Gasteiger partial charge in [0.2, 0.25) is 0 Å². The Labute approximate surface area is 128 Å². The number of hydrogen-bond donors (Lipinski definition) is 1. The fourth-order valence-electron chi connectivity index (χ4n) is 1.77. The molecule has 1 N–H and O–H groups in total. The molecule has 0 aliphatic carbocycles. The van der Waals surface area contributed by atoms with Crippen molar-refractivity contribution >= 4 is 33.8 Å². The van der Waals surface area contributed by atoms with E-state index in [1.807, 2.05) is 48.6 Å². The average Bonchev–Trinajstić information content (AvgIpc) is 2.86. The third-order valence-electron chi connectivity index (χ3n) is 2.82. The van der Waals surface area contributed by atoms with Gasteiger partial charge in [-0.05, 0) is 31.2 Å². The van der Waals surface area contributed by atoms with E-state index in [0.717, 1.165) is 22.2 Å². The summed E-state index contributed by atoms with van der Waals surface area (Å²) in [7, 11) is 4.01. The molecule has 6 heteroatoms. The highest BCUT2D eigenvalue weighted by Crippen LogP contribution is 2.23. The number of esters is 1. The van der Waals surface area contributed by atoms with Crippen LogP contribution in [0.2, 0.25) is 0 Å². The zero-order chi connectivity index (χ0) is 15.2. The topological polar surface area (TPSA) is 54.5 Å². The molecule has 0 bridgehead atoms. The minimum atomic E-state index is -0.246. The first kappa shape index (κ1) is 15.3. The average molecular weight is 305 g/mol. The Morgan fingerprint density at radius 3 is 2.67 bits per heavy atom. The lowest BCUT2D eigenvalue weighted by Crippen LogP contribution is -2.08. The highest BCUT2D eigenvalue weighted by atomic mass is 32.1. The Hall–Kier alpha value is -2.08. The summed E-state index contributed by atoms with van der Waals surface area (Å²) < 4.78 is 4.91. The molecule has 2 rings (SSSR count). The predicted molar refractivity (Wildman–Crippen MR) is 86.5 cm³/mol. The first-order valence-corrected chi connectivity index (χ1v) is 7.61. The van der Waals surface area contributed by atoms with Crippen LogP contribution in [0.15, 0.2) is 29.6 Å². The number of thiazole rings is 1. The van der Waals surface area contributed by atoms with Gasteiger partial charge in [-0.1, -0.05) is 0 Å². The maximum atomic E-state index is 11.4. The first-order chi connectivity index (χ1) is 10.1. The number of hydrogen-bond acceptors (Lipinski definition) is 6. The second-order valence-electron chi connectivity index (χ2n) is 4.69. The van der Waals surface area contributed by atoms with Gasteiger partial charge in [-0.3, -0.25) is 4.79 Å². The van der Waals surface area contributed by atoms with E-state index in [1.54, 1.807) is 6.92 Å². The highest BCUT2D eigenvalue weighted by molar-refractivity contribution is 7.13. The molecule has 0 fully saturated rings. The van der Waals surface area contributed by atoms with Crippen LogP contribution in [0.4, 0.5) is 16.5 Å². The third kappa shape index (κ3) is 4.46. The van der Waals surface area contributed by atoms with E-state index in [9.17, 15) is 4.79 Å². The monoisotopic (exact) mass is 305 g/mol. The van der Waals surface area contributed by atoms with Crippen LogP contribution in [0.5, 0.6) is 0 Å². The lowest BCUT2D eigenvalue weighted by Gasteiger charge is -2.12. The fourth-order valence-corrected chi connectivity index (χ4v) is 2.50. The minimum absolute atomic E-state index is 0.214. The summed E-state index contributed by atoms with van der Waals surface area (Å²) in [6.07, 6.45) is 0.214. The summed E-state index contributed by atoms with van der Waals surface area (Å²) >= 11 is 1.47. The molecule has 0 aliphatic rings. The molecule has 21 heavy (non-hydrogen) atoms. The maximum absolute atomic E-state index is 11.4. The van der Waals surface area contributed by atoms with Crippen LogP contribution >= 0.6 is 11.3 Å². The lowest BCUT2D eigenvalue weighted by molar-refractivity contribution is -0.142. The summed E-state index contributed by atoms with van der Waals surface area (Å²) in [6.45, 7) is 2.19. The number of benzene rings is 1. The van der Waals surface area contributed by atoms with E-state index < -0.39 is 0 Å². The molecule has 1 aromatic heterocycles. The van der Waals surface area contributed by atoms with Gasteiger partial charge < -0.3 is 15.0 Å². The Kier molecular flexibility index (Phi) is 5.16. The number of nitrogens with one attached hydrogen (secondary N) is 1. The van der Waals surface area contributed by atoms with Crippen molar-refractivity contribution in [2.75, 3.05) is 30.9 Å². The number of nitrogens with zero attached hydrogens (tertiary/aromatic N) is 2. The Morgan fingerprint density at radius 2 is 2.05 bits per heavy atom. The molecular weight excluding hydrogens is 286 g/mol. The standard InChI is InChI=1S/C15H19N3O2S/c1-4-20-14(19)9-12-10-21-15(17-12)16-11-5-7-13(8-6-11)18(2)3/h5-8,10H,4,9H2,1-3H3,(H,16,17). The van der Waals surface area contributed by atoms with Crippen LogP contribution in [-0.4, -0.2) is 31.7 Å². The van der Waals surface area contributed by atoms with Gasteiger partial charge >= 0.3 is 5.97 Å². The van der Waals surface area contributed by atoms with Gasteiger partial charge in [0, 0.05) is 30.9 Å². The number of anilines is 3. The second-order valence-corrected chi connectivity index (χ2v) is 5.55. The van der Waals surface area contributed by atoms with Gasteiger partial charge in [-0.25, -0.2) is 4.98 Å². The van der Waals surface area contributed by atoms with Crippen molar-refractivity contribution in [3.63, 3.8) is 0 Å². The quantitative estimate of drug-likeness (QED) is 0.831. The smallest absolute Gasteiger partial charge is 0.311 e. The lowest BCUT2D eigenvalue weighted by atomic mass is 10.2. The number of aromatic nitrogens is 1. The van der Waals surface area contributed by atoms with E-state index in [1.165, 1.54) is 11.3 Å². The molecule has 2 aromatic rings. The Bertz CT molecular complexity index is 593. The van der Waals surface area contributed by atoms with Crippen molar-refractivity contribution in [2.24, 2.45) is 0 Å². The van der Waals surface area contributed by atoms with E-state index in [4.69, 9.17) is 4.74 Å². The SMILES string of the molecule is CCOC(=O)Cc1csc(Nc2ccc(N(C)C)cc2)n1. The summed E-state index contributed by atoms with van der Waals surface area (Å²) in [5, 5.41) is 5.87. The Balaban J connectivity index is 1.97. The largest absolute Gasteiger partial charge is 0.466 e. The summed E-state index contributed by atoms with van der Waals surface area (Å²) in [6, 6.07) is 8.08. The number of carbonyl (C=O) groups is 1. The first-order valence-electron chi connectivity index (χ1n) is 6.73. The molecule has 112 valence electrons. The van der Waals surface area contributed by atoms with Crippen LogP contribution in [0.1, 0.15) is 12.6 Å². The van der Waals surface area contributed by atoms with Gasteiger partial charge in [0.15, 0.2) is 5.13 Å². The molecule has 0 spiro atoms. The molecule has 0 saturated carbocycles. The molecule has 1 heterocycles. The molecule has 1 aromatic carbocycles. The molecule has 5 nitrogen and oxygen atoms in total. The highest BCUT2D eigenvalue weighted by Gasteiger charge is 2.08. The summed E-state index contributed by atoms with van der Waals surface area (Å²) in [4.78, 5) is 17.8. The number of ether oxygens (including phenoxy) is 1. The molecule has 0 radical (unpaired) electrons. The molecule has 0 unspecified atom stereocenters. The van der Waals surface area contributed by atoms with Gasteiger partial charge in [0.05, 0.1) is 18.7 Å².